The van der Waals surface area contributed by atoms with Crippen molar-refractivity contribution in [3.8, 4) is 0 Å². The highest BCUT2D eigenvalue weighted by Crippen LogP contribution is 2.38. The van der Waals surface area contributed by atoms with Gasteiger partial charge < -0.3 is 15.5 Å². The monoisotopic (exact) mass is 470 g/mol. The molecule has 2 atom stereocenters. The molecular weight excluding hydrogens is 443 g/mol. The number of amides is 4. The van der Waals surface area contributed by atoms with Gasteiger partial charge in [-0.25, -0.2) is 9.18 Å². The van der Waals surface area contributed by atoms with Crippen molar-refractivity contribution in [1.82, 2.24) is 15.1 Å². The molecule has 33 heavy (non-hydrogen) atoms. The van der Waals surface area contributed by atoms with Gasteiger partial charge in [0.2, 0.25) is 5.91 Å². The minimum atomic E-state index is -0.731. The zero-order valence-corrected chi connectivity index (χ0v) is 19.6. The van der Waals surface area contributed by atoms with E-state index in [1.807, 2.05) is 37.6 Å². The van der Waals surface area contributed by atoms with Crippen LogP contribution >= 0.6 is 11.3 Å². The molecule has 0 spiro atoms. The van der Waals surface area contributed by atoms with E-state index in [0.717, 1.165) is 5.56 Å². The lowest BCUT2D eigenvalue weighted by molar-refractivity contribution is -0.134. The van der Waals surface area contributed by atoms with E-state index in [1.165, 1.54) is 35.6 Å². The Morgan fingerprint density at radius 1 is 1.24 bits per heavy atom. The normalized spacial score (nSPS) is 19.1. The summed E-state index contributed by atoms with van der Waals surface area (Å²) < 4.78 is 13.3. The number of hydrogen-bond acceptors (Lipinski definition) is 4. The minimum absolute atomic E-state index is 0.147. The quantitative estimate of drug-likeness (QED) is 0.639. The Morgan fingerprint density at radius 2 is 1.97 bits per heavy atom. The summed E-state index contributed by atoms with van der Waals surface area (Å²) in [5.41, 5.74) is 2.47. The first-order valence-corrected chi connectivity index (χ1v) is 11.9. The predicted molar refractivity (Wildman–Crippen MR) is 125 cm³/mol. The van der Waals surface area contributed by atoms with Crippen molar-refractivity contribution in [2.24, 2.45) is 5.92 Å². The molecule has 0 bridgehead atoms. The van der Waals surface area contributed by atoms with Gasteiger partial charge >= 0.3 is 6.03 Å². The third kappa shape index (κ3) is 4.50. The van der Waals surface area contributed by atoms with Crippen molar-refractivity contribution < 1.29 is 18.8 Å². The van der Waals surface area contributed by atoms with Crippen LogP contribution in [0, 0.1) is 11.7 Å². The number of carbonyl (C=O) groups excluding carboxylic acids is 3. The lowest BCUT2D eigenvalue weighted by Gasteiger charge is -2.32. The average molecular weight is 471 g/mol. The number of likely N-dealkylation sites (N-methyl/N-ethyl adjacent to an activating group) is 1. The van der Waals surface area contributed by atoms with Crippen LogP contribution in [-0.4, -0.2) is 46.8 Å². The van der Waals surface area contributed by atoms with Gasteiger partial charge in [0.1, 0.15) is 11.9 Å². The largest absolute Gasteiger partial charge is 0.326 e. The Bertz CT molecular complexity index is 1080. The number of anilines is 1. The van der Waals surface area contributed by atoms with E-state index < -0.39 is 17.9 Å². The summed E-state index contributed by atoms with van der Waals surface area (Å²) in [4.78, 5) is 42.9. The second kappa shape index (κ2) is 9.35. The van der Waals surface area contributed by atoms with E-state index >= 15 is 0 Å². The molecule has 2 aromatic rings. The number of nitrogens with zero attached hydrogens (tertiary/aromatic N) is 2. The first-order chi connectivity index (χ1) is 15.8. The highest BCUT2D eigenvalue weighted by Gasteiger charge is 2.46. The Labute approximate surface area is 196 Å². The molecule has 2 N–H and O–H groups in total. The number of carbonyl (C=O) groups is 3. The highest BCUT2D eigenvalue weighted by atomic mass is 32.1. The van der Waals surface area contributed by atoms with Gasteiger partial charge in [0.25, 0.3) is 5.91 Å². The first-order valence-electron chi connectivity index (χ1n) is 11.0. The molecule has 1 aromatic heterocycles. The van der Waals surface area contributed by atoms with Crippen LogP contribution in [0.1, 0.15) is 38.8 Å². The van der Waals surface area contributed by atoms with Gasteiger partial charge in [-0.1, -0.05) is 13.8 Å². The minimum Gasteiger partial charge on any atom is -0.326 e. The standard InChI is InChI=1S/C24H27FN4O3S/c1-4-28-19-12-29(23(31)20(19)21(27-24(28)32)15-9-10-33-13-15)18(11-14(2)3)22(30)26-17-7-5-16(25)6-8-17/h5-10,13-14,18,21H,4,11-12H2,1-3H3,(H,26,30)(H,27,32)/t18-,21-/m1/s1. The summed E-state index contributed by atoms with van der Waals surface area (Å²) >= 11 is 1.50. The fourth-order valence-corrected chi connectivity index (χ4v) is 5.06. The second-order valence-corrected chi connectivity index (χ2v) is 9.40. The SMILES string of the molecule is CCN1C(=O)N[C@H](c2ccsc2)C2=C1CN([C@H](CC(C)C)C(=O)Nc1ccc(F)cc1)C2=O. The van der Waals surface area contributed by atoms with Crippen LogP contribution in [-0.2, 0) is 9.59 Å². The van der Waals surface area contributed by atoms with E-state index in [0.29, 0.717) is 29.9 Å². The number of hydrogen-bond donors (Lipinski definition) is 2. The molecule has 7 nitrogen and oxygen atoms in total. The maximum absolute atomic E-state index is 13.7. The summed E-state index contributed by atoms with van der Waals surface area (Å²) in [7, 11) is 0. The molecule has 1 aromatic carbocycles. The molecule has 0 fully saturated rings. The van der Waals surface area contributed by atoms with E-state index in [-0.39, 0.29) is 30.3 Å². The van der Waals surface area contributed by atoms with Crippen LogP contribution < -0.4 is 10.6 Å². The molecule has 3 heterocycles. The summed E-state index contributed by atoms with van der Waals surface area (Å²) in [5, 5.41) is 9.58. The number of urea groups is 1. The molecule has 2 aliphatic heterocycles. The Hall–Kier alpha value is -3.20. The molecule has 4 rings (SSSR count). The fourth-order valence-electron chi connectivity index (χ4n) is 4.37. The lowest BCUT2D eigenvalue weighted by atomic mass is 9.97. The van der Waals surface area contributed by atoms with Gasteiger partial charge in [-0.05, 0) is 65.9 Å². The van der Waals surface area contributed by atoms with Gasteiger partial charge in [-0.3, -0.25) is 14.5 Å². The van der Waals surface area contributed by atoms with Crippen LogP contribution in [0.4, 0.5) is 14.9 Å². The van der Waals surface area contributed by atoms with Gasteiger partial charge in [-0.15, -0.1) is 0 Å². The molecule has 0 radical (unpaired) electrons. The molecule has 0 saturated heterocycles. The summed E-state index contributed by atoms with van der Waals surface area (Å²) in [5.74, 6) is -0.832. The Kier molecular flexibility index (Phi) is 6.51. The summed E-state index contributed by atoms with van der Waals surface area (Å²) in [6.07, 6.45) is 0.454. The van der Waals surface area contributed by atoms with Crippen molar-refractivity contribution >= 4 is 34.9 Å². The van der Waals surface area contributed by atoms with Gasteiger partial charge in [0, 0.05) is 12.2 Å². The average Bonchev–Trinajstić information content (AvgIpc) is 3.42. The van der Waals surface area contributed by atoms with E-state index in [2.05, 4.69) is 10.6 Å². The topological polar surface area (TPSA) is 81.8 Å². The molecule has 174 valence electrons. The number of nitrogens with one attached hydrogen (secondary N) is 2. The Morgan fingerprint density at radius 3 is 2.58 bits per heavy atom. The van der Waals surface area contributed by atoms with Crippen molar-refractivity contribution in [3.63, 3.8) is 0 Å². The van der Waals surface area contributed by atoms with E-state index in [1.54, 1.807) is 9.80 Å². The van der Waals surface area contributed by atoms with Crippen molar-refractivity contribution in [3.05, 3.63) is 63.7 Å². The molecule has 2 aliphatic rings. The Balaban J connectivity index is 1.65. The summed E-state index contributed by atoms with van der Waals surface area (Å²) in [6, 6.07) is 5.89. The second-order valence-electron chi connectivity index (χ2n) is 8.62. The van der Waals surface area contributed by atoms with E-state index in [9.17, 15) is 18.8 Å². The van der Waals surface area contributed by atoms with E-state index in [4.69, 9.17) is 0 Å². The maximum Gasteiger partial charge on any atom is 0.322 e. The van der Waals surface area contributed by atoms with Crippen molar-refractivity contribution in [2.75, 3.05) is 18.4 Å². The third-order valence-electron chi connectivity index (χ3n) is 5.93. The number of benzene rings is 1. The molecule has 0 unspecified atom stereocenters. The molecule has 9 heteroatoms. The van der Waals surface area contributed by atoms with Gasteiger partial charge in [0.05, 0.1) is 23.9 Å². The van der Waals surface area contributed by atoms with Crippen LogP contribution in [0.3, 0.4) is 0 Å². The van der Waals surface area contributed by atoms with Crippen LogP contribution in [0.15, 0.2) is 52.4 Å². The zero-order chi connectivity index (χ0) is 23.7. The van der Waals surface area contributed by atoms with Crippen molar-refractivity contribution in [1.29, 1.82) is 0 Å². The third-order valence-corrected chi connectivity index (χ3v) is 6.63. The lowest BCUT2D eigenvalue weighted by Crippen LogP contribution is -2.47. The predicted octanol–water partition coefficient (Wildman–Crippen LogP) is 4.12. The van der Waals surface area contributed by atoms with Gasteiger partial charge in [0.15, 0.2) is 0 Å². The first kappa shape index (κ1) is 23.0. The maximum atomic E-state index is 13.7. The fraction of sp³-hybridized carbons (Fsp3) is 0.375. The number of rotatable bonds is 7. The molecule has 0 saturated carbocycles. The molecule has 0 aliphatic carbocycles. The summed E-state index contributed by atoms with van der Waals surface area (Å²) in [6.45, 7) is 6.44. The number of thiophene rings is 1. The van der Waals surface area contributed by atoms with Crippen molar-refractivity contribution in [2.45, 2.75) is 39.3 Å². The number of halogens is 1. The van der Waals surface area contributed by atoms with Gasteiger partial charge in [-0.2, -0.15) is 11.3 Å². The molecule has 4 amide bonds. The highest BCUT2D eigenvalue weighted by molar-refractivity contribution is 7.08. The van der Waals surface area contributed by atoms with Crippen LogP contribution in [0.5, 0.6) is 0 Å². The smallest absolute Gasteiger partial charge is 0.322 e. The van der Waals surface area contributed by atoms with Crippen LogP contribution in [0.25, 0.3) is 0 Å². The zero-order valence-electron chi connectivity index (χ0n) is 18.8. The van der Waals surface area contributed by atoms with Crippen LogP contribution in [0.2, 0.25) is 0 Å². The molecular formula is C24H27FN4O3S.